The molecule has 5 heteroatoms. The number of aliphatic hydroxyl groups is 1. The minimum atomic E-state index is -0.118. The van der Waals surface area contributed by atoms with E-state index in [1.54, 1.807) is 13.2 Å². The second-order valence-electron chi connectivity index (χ2n) is 7.15. The van der Waals surface area contributed by atoms with Crippen LogP contribution in [0.3, 0.4) is 0 Å². The van der Waals surface area contributed by atoms with Crippen molar-refractivity contribution in [2.24, 2.45) is 11.8 Å². The van der Waals surface area contributed by atoms with Crippen molar-refractivity contribution in [2.45, 2.75) is 19.3 Å². The third-order valence-corrected chi connectivity index (χ3v) is 5.30. The summed E-state index contributed by atoms with van der Waals surface area (Å²) in [5.41, 5.74) is 2.05. The van der Waals surface area contributed by atoms with Gasteiger partial charge in [0, 0.05) is 37.4 Å². The Labute approximate surface area is 161 Å². The third kappa shape index (κ3) is 5.23. The Balaban J connectivity index is 1.52. The van der Waals surface area contributed by atoms with E-state index in [1.807, 2.05) is 29.2 Å². The monoisotopic (exact) mass is 368 g/mol. The zero-order chi connectivity index (χ0) is 19.1. The number of hydrogen-bond donors (Lipinski definition) is 2. The Hall–Kier alpha value is -2.53. The lowest BCUT2D eigenvalue weighted by molar-refractivity contribution is 0.195. The van der Waals surface area contributed by atoms with Gasteiger partial charge in [-0.3, -0.25) is 0 Å². The van der Waals surface area contributed by atoms with Gasteiger partial charge in [0.05, 0.1) is 7.11 Å². The summed E-state index contributed by atoms with van der Waals surface area (Å²) in [7, 11) is 1.60. The number of hydrogen-bond acceptors (Lipinski definition) is 3. The first-order valence-corrected chi connectivity index (χ1v) is 9.54. The van der Waals surface area contributed by atoms with E-state index in [4.69, 9.17) is 4.74 Å². The zero-order valence-corrected chi connectivity index (χ0v) is 15.8. The summed E-state index contributed by atoms with van der Waals surface area (Å²) in [6, 6.07) is 17.7. The van der Waals surface area contributed by atoms with Crippen LogP contribution in [0.5, 0.6) is 5.75 Å². The van der Waals surface area contributed by atoms with Gasteiger partial charge in [0.1, 0.15) is 5.75 Å². The number of carbonyl (C=O) groups is 1. The summed E-state index contributed by atoms with van der Waals surface area (Å²) in [4.78, 5) is 14.4. The molecule has 2 atom stereocenters. The van der Waals surface area contributed by atoms with Crippen molar-refractivity contribution >= 4 is 11.7 Å². The van der Waals surface area contributed by atoms with Crippen LogP contribution in [0, 0.1) is 11.8 Å². The second kappa shape index (κ2) is 9.42. The first kappa shape index (κ1) is 19.2. The number of aliphatic hydroxyl groups excluding tert-OH is 1. The number of carbonyl (C=O) groups excluding carboxylic acids is 1. The van der Waals surface area contributed by atoms with Crippen LogP contribution in [0.2, 0.25) is 0 Å². The number of nitrogens with zero attached hydrogens (tertiary/aromatic N) is 1. The van der Waals surface area contributed by atoms with Gasteiger partial charge in [-0.05, 0) is 42.9 Å². The van der Waals surface area contributed by atoms with Crippen LogP contribution in [0.4, 0.5) is 10.5 Å². The predicted octanol–water partition coefficient (Wildman–Crippen LogP) is 3.79. The van der Waals surface area contributed by atoms with Crippen LogP contribution in [-0.4, -0.2) is 42.8 Å². The Morgan fingerprint density at radius 2 is 1.93 bits per heavy atom. The fourth-order valence-corrected chi connectivity index (χ4v) is 3.75. The molecule has 2 aromatic carbocycles. The van der Waals surface area contributed by atoms with Gasteiger partial charge >= 0.3 is 6.03 Å². The normalized spacial score (nSPS) is 19.1. The van der Waals surface area contributed by atoms with Gasteiger partial charge in [-0.1, -0.05) is 36.4 Å². The molecule has 0 bridgehead atoms. The van der Waals surface area contributed by atoms with Gasteiger partial charge in [0.25, 0.3) is 0 Å². The molecule has 2 N–H and O–H groups in total. The molecule has 1 heterocycles. The van der Waals surface area contributed by atoms with E-state index in [-0.39, 0.29) is 18.6 Å². The van der Waals surface area contributed by atoms with Crippen molar-refractivity contribution in [1.82, 2.24) is 4.90 Å². The van der Waals surface area contributed by atoms with Gasteiger partial charge in [-0.15, -0.1) is 0 Å². The molecule has 2 aromatic rings. The highest BCUT2D eigenvalue weighted by molar-refractivity contribution is 5.89. The van der Waals surface area contributed by atoms with E-state index in [1.165, 1.54) is 5.56 Å². The molecule has 0 aliphatic carbocycles. The predicted molar refractivity (Wildman–Crippen MR) is 107 cm³/mol. The van der Waals surface area contributed by atoms with E-state index in [0.29, 0.717) is 30.4 Å². The van der Waals surface area contributed by atoms with E-state index in [9.17, 15) is 9.90 Å². The van der Waals surface area contributed by atoms with E-state index in [2.05, 4.69) is 29.6 Å². The molecular formula is C22H28N2O3. The summed E-state index contributed by atoms with van der Waals surface area (Å²) in [5, 5.41) is 12.7. The summed E-state index contributed by atoms with van der Waals surface area (Å²) >= 11 is 0. The molecular weight excluding hydrogens is 340 g/mol. The minimum Gasteiger partial charge on any atom is -0.497 e. The van der Waals surface area contributed by atoms with Crippen LogP contribution >= 0.6 is 0 Å². The van der Waals surface area contributed by atoms with E-state index in [0.717, 1.165) is 19.3 Å². The number of aryl methyl sites for hydroxylation is 1. The van der Waals surface area contributed by atoms with Crippen LogP contribution < -0.4 is 10.1 Å². The lowest BCUT2D eigenvalue weighted by Crippen LogP contribution is -2.33. The molecule has 1 fully saturated rings. The lowest BCUT2D eigenvalue weighted by atomic mass is 9.91. The molecule has 3 rings (SSSR count). The zero-order valence-electron chi connectivity index (χ0n) is 15.8. The highest BCUT2D eigenvalue weighted by Gasteiger charge is 2.34. The maximum Gasteiger partial charge on any atom is 0.321 e. The average molecular weight is 368 g/mol. The molecule has 0 radical (unpaired) electrons. The lowest BCUT2D eigenvalue weighted by Gasteiger charge is -2.17. The molecule has 5 nitrogen and oxygen atoms in total. The Bertz CT molecular complexity index is 735. The summed E-state index contributed by atoms with van der Waals surface area (Å²) < 4.78 is 5.20. The molecule has 0 aromatic heterocycles. The van der Waals surface area contributed by atoms with Gasteiger partial charge in [0.15, 0.2) is 0 Å². The molecule has 0 saturated carbocycles. The van der Waals surface area contributed by atoms with Crippen LogP contribution in [0.1, 0.15) is 18.4 Å². The van der Waals surface area contributed by atoms with Crippen molar-refractivity contribution in [3.63, 3.8) is 0 Å². The number of nitrogens with one attached hydrogen (secondary N) is 1. The van der Waals surface area contributed by atoms with Crippen molar-refractivity contribution in [3.8, 4) is 5.75 Å². The fraction of sp³-hybridized carbons (Fsp3) is 0.409. The van der Waals surface area contributed by atoms with E-state index >= 15 is 0 Å². The minimum absolute atomic E-state index is 0.118. The number of rotatable bonds is 7. The smallest absolute Gasteiger partial charge is 0.321 e. The number of amides is 2. The Kier molecular flexibility index (Phi) is 6.71. The van der Waals surface area contributed by atoms with Crippen LogP contribution in [-0.2, 0) is 6.42 Å². The van der Waals surface area contributed by atoms with Crippen LogP contribution in [0.15, 0.2) is 54.6 Å². The SMILES string of the molecule is COc1cccc(NC(=O)N2C[C@@H](CCCc3ccccc3)[C@@H](CO)C2)c1. The largest absolute Gasteiger partial charge is 0.497 e. The third-order valence-electron chi connectivity index (χ3n) is 5.30. The average Bonchev–Trinajstić information content (AvgIpc) is 3.12. The first-order valence-electron chi connectivity index (χ1n) is 9.54. The summed E-state index contributed by atoms with van der Waals surface area (Å²) in [5.74, 6) is 1.20. The molecule has 0 spiro atoms. The topological polar surface area (TPSA) is 61.8 Å². The molecule has 1 saturated heterocycles. The molecule has 1 aliphatic rings. The Morgan fingerprint density at radius 1 is 1.15 bits per heavy atom. The molecule has 0 unspecified atom stereocenters. The van der Waals surface area contributed by atoms with Crippen molar-refractivity contribution in [3.05, 3.63) is 60.2 Å². The fourth-order valence-electron chi connectivity index (χ4n) is 3.75. The molecule has 27 heavy (non-hydrogen) atoms. The van der Waals surface area contributed by atoms with Gasteiger partial charge in [-0.25, -0.2) is 4.79 Å². The number of methoxy groups -OCH3 is 1. The van der Waals surface area contributed by atoms with Crippen LogP contribution in [0.25, 0.3) is 0 Å². The van der Waals surface area contributed by atoms with Gasteiger partial charge < -0.3 is 20.1 Å². The molecule has 1 aliphatic heterocycles. The number of benzene rings is 2. The summed E-state index contributed by atoms with van der Waals surface area (Å²) in [6.07, 6.45) is 3.12. The second-order valence-corrected chi connectivity index (χ2v) is 7.15. The van der Waals surface area contributed by atoms with Crippen molar-refractivity contribution in [1.29, 1.82) is 0 Å². The number of urea groups is 1. The molecule has 144 valence electrons. The highest BCUT2D eigenvalue weighted by atomic mass is 16.5. The number of likely N-dealkylation sites (tertiary alicyclic amines) is 1. The van der Waals surface area contributed by atoms with E-state index < -0.39 is 0 Å². The van der Waals surface area contributed by atoms with Crippen molar-refractivity contribution in [2.75, 3.05) is 32.1 Å². The number of anilines is 1. The maximum absolute atomic E-state index is 12.6. The quantitative estimate of drug-likeness (QED) is 0.782. The standard InChI is InChI=1S/C22H28N2O3/c1-27-21-12-6-11-20(13-21)23-22(26)24-14-18(19(15-24)16-25)10-5-9-17-7-3-2-4-8-17/h2-4,6-8,11-13,18-19,25H,5,9-10,14-16H2,1H3,(H,23,26)/t18-,19-/m1/s1. The highest BCUT2D eigenvalue weighted by Crippen LogP contribution is 2.28. The van der Waals surface area contributed by atoms with Gasteiger partial charge in [-0.2, -0.15) is 0 Å². The maximum atomic E-state index is 12.6. The first-order chi connectivity index (χ1) is 13.2. The van der Waals surface area contributed by atoms with Crippen molar-refractivity contribution < 1.29 is 14.6 Å². The summed E-state index contributed by atoms with van der Waals surface area (Å²) in [6.45, 7) is 1.41. The number of ether oxygens (including phenoxy) is 1. The van der Waals surface area contributed by atoms with Gasteiger partial charge in [0.2, 0.25) is 0 Å². The Morgan fingerprint density at radius 3 is 2.67 bits per heavy atom. The molecule has 2 amide bonds.